The molecule has 0 radical (unpaired) electrons. The summed E-state index contributed by atoms with van der Waals surface area (Å²) in [6.07, 6.45) is 8.07. The van der Waals surface area contributed by atoms with Crippen molar-refractivity contribution in [1.29, 1.82) is 0 Å². The van der Waals surface area contributed by atoms with Crippen LogP contribution in [-0.4, -0.2) is 23.7 Å². The average Bonchev–Trinajstić information content (AvgIpc) is 2.90. The van der Waals surface area contributed by atoms with Crippen molar-refractivity contribution in [3.05, 3.63) is 46.1 Å². The molecular formula is C16H19NO2. The number of aliphatic hydroxyl groups is 1. The molecule has 0 aromatic rings. The van der Waals surface area contributed by atoms with E-state index in [1.165, 1.54) is 16.7 Å². The molecule has 1 saturated carbocycles. The third-order valence-corrected chi connectivity index (χ3v) is 4.36. The molecule has 0 saturated heterocycles. The largest absolute Gasteiger partial charge is 0.394 e. The highest BCUT2D eigenvalue weighted by Crippen LogP contribution is 2.51. The van der Waals surface area contributed by atoms with E-state index in [1.54, 1.807) is 0 Å². The Morgan fingerprint density at radius 1 is 1.42 bits per heavy atom. The summed E-state index contributed by atoms with van der Waals surface area (Å²) in [5.41, 5.74) is 5.80. The zero-order valence-corrected chi connectivity index (χ0v) is 11.4. The molecule has 1 amide bonds. The molecule has 3 nitrogen and oxygen atoms in total. The van der Waals surface area contributed by atoms with Gasteiger partial charge in [0.1, 0.15) is 0 Å². The fraction of sp³-hybridized carbons (Fsp3) is 0.438. The number of carbonyl (C=O) groups excluding carboxylic acids is 1. The molecule has 100 valence electrons. The summed E-state index contributed by atoms with van der Waals surface area (Å²) >= 11 is 0. The second kappa shape index (κ2) is 4.49. The lowest BCUT2D eigenvalue weighted by Crippen LogP contribution is -2.42. The fourth-order valence-electron chi connectivity index (χ4n) is 2.73. The molecule has 0 spiro atoms. The summed E-state index contributed by atoms with van der Waals surface area (Å²) in [5.74, 6) is 0.206. The van der Waals surface area contributed by atoms with Gasteiger partial charge in [-0.2, -0.15) is 0 Å². The van der Waals surface area contributed by atoms with Crippen molar-refractivity contribution >= 4 is 5.91 Å². The van der Waals surface area contributed by atoms with Crippen LogP contribution in [0.1, 0.15) is 26.7 Å². The second-order valence-corrected chi connectivity index (χ2v) is 5.55. The van der Waals surface area contributed by atoms with Crippen molar-refractivity contribution < 1.29 is 9.90 Å². The van der Waals surface area contributed by atoms with Gasteiger partial charge in [-0.25, -0.2) is 0 Å². The molecule has 0 unspecified atom stereocenters. The summed E-state index contributed by atoms with van der Waals surface area (Å²) < 4.78 is 0. The molecule has 3 heteroatoms. The number of hydrogen-bond acceptors (Lipinski definition) is 2. The highest BCUT2D eigenvalue weighted by Gasteiger charge is 2.35. The third kappa shape index (κ3) is 1.98. The van der Waals surface area contributed by atoms with E-state index in [-0.39, 0.29) is 24.5 Å². The van der Waals surface area contributed by atoms with Gasteiger partial charge in [-0.15, -0.1) is 0 Å². The van der Waals surface area contributed by atoms with Crippen LogP contribution in [-0.2, 0) is 4.79 Å². The van der Waals surface area contributed by atoms with E-state index in [0.29, 0.717) is 0 Å². The first-order chi connectivity index (χ1) is 9.15. The van der Waals surface area contributed by atoms with Crippen LogP contribution in [0.4, 0.5) is 0 Å². The average molecular weight is 257 g/mol. The maximum atomic E-state index is 12.3. The number of allylic oxidation sites excluding steroid dienone is 6. The Labute approximate surface area is 113 Å². The molecule has 0 aromatic heterocycles. The molecule has 0 heterocycles. The van der Waals surface area contributed by atoms with E-state index >= 15 is 0 Å². The quantitative estimate of drug-likeness (QED) is 0.791. The van der Waals surface area contributed by atoms with Crippen LogP contribution in [0.3, 0.4) is 0 Å². The van der Waals surface area contributed by atoms with Gasteiger partial charge in [0, 0.05) is 5.57 Å². The normalized spacial score (nSPS) is 22.2. The molecule has 3 aliphatic carbocycles. The van der Waals surface area contributed by atoms with Crippen LogP contribution in [0.25, 0.3) is 0 Å². The molecule has 0 aromatic carbocycles. The maximum Gasteiger partial charge on any atom is 0.252 e. The minimum atomic E-state index is -0.167. The monoisotopic (exact) mass is 257 g/mol. The Morgan fingerprint density at radius 3 is 2.89 bits per heavy atom. The molecular weight excluding hydrogens is 238 g/mol. The lowest BCUT2D eigenvalue weighted by molar-refractivity contribution is -0.118. The molecule has 0 aliphatic heterocycles. The van der Waals surface area contributed by atoms with Gasteiger partial charge in [0.25, 0.3) is 5.91 Å². The van der Waals surface area contributed by atoms with Crippen LogP contribution in [0, 0.1) is 5.92 Å². The lowest BCUT2D eigenvalue weighted by atomic mass is 9.99. The van der Waals surface area contributed by atoms with Crippen molar-refractivity contribution in [2.24, 2.45) is 5.92 Å². The predicted octanol–water partition coefficient (Wildman–Crippen LogP) is 2.02. The van der Waals surface area contributed by atoms with E-state index < -0.39 is 0 Å². The van der Waals surface area contributed by atoms with Crippen LogP contribution < -0.4 is 5.32 Å². The topological polar surface area (TPSA) is 49.3 Å². The number of rotatable bonds is 5. The first kappa shape index (κ1) is 12.4. The number of fused-ring (bicyclic) bond motifs is 2. The summed E-state index contributed by atoms with van der Waals surface area (Å²) in [6.45, 7) is 4.10. The highest BCUT2D eigenvalue weighted by atomic mass is 16.3. The van der Waals surface area contributed by atoms with E-state index in [1.807, 2.05) is 19.1 Å². The Bertz CT molecular complexity index is 563. The van der Waals surface area contributed by atoms with Gasteiger partial charge < -0.3 is 10.4 Å². The molecule has 19 heavy (non-hydrogen) atoms. The Morgan fingerprint density at radius 2 is 2.21 bits per heavy atom. The molecule has 0 bridgehead atoms. The minimum absolute atomic E-state index is 0.0118. The number of hydrogen-bond donors (Lipinski definition) is 2. The summed E-state index contributed by atoms with van der Waals surface area (Å²) in [6, 6.07) is -0.167. The standard InChI is InChI=1S/C16H19NO2/c1-3-9(2)15(8-18)17-16(19)12-5-4-11-13-6-10(13)7-14(11)12/h4-5,7,9,15,18H,3,6,8H2,1-2H3,(H,17,19)/t9-,15+/m0/s1. The third-order valence-electron chi connectivity index (χ3n) is 4.36. The Balaban J connectivity index is 1.76. The number of carbonyl (C=O) groups is 1. The number of nitrogens with one attached hydrogen (secondary N) is 1. The Kier molecular flexibility index (Phi) is 2.94. The first-order valence-electron chi connectivity index (χ1n) is 6.94. The predicted molar refractivity (Wildman–Crippen MR) is 74.4 cm³/mol. The second-order valence-electron chi connectivity index (χ2n) is 5.55. The summed E-state index contributed by atoms with van der Waals surface area (Å²) in [5, 5.41) is 12.3. The van der Waals surface area contributed by atoms with Crippen molar-refractivity contribution in [2.75, 3.05) is 6.61 Å². The number of aliphatic hydroxyl groups excluding tert-OH is 1. The molecule has 3 aliphatic rings. The molecule has 2 atom stereocenters. The zero-order valence-electron chi connectivity index (χ0n) is 11.4. The van der Waals surface area contributed by atoms with Crippen LogP contribution in [0.2, 0.25) is 0 Å². The van der Waals surface area contributed by atoms with Gasteiger partial charge >= 0.3 is 0 Å². The van der Waals surface area contributed by atoms with E-state index in [2.05, 4.69) is 18.3 Å². The summed E-state index contributed by atoms with van der Waals surface area (Å²) in [7, 11) is 0. The van der Waals surface area contributed by atoms with E-state index in [0.717, 1.165) is 24.0 Å². The van der Waals surface area contributed by atoms with Crippen LogP contribution in [0.15, 0.2) is 46.1 Å². The van der Waals surface area contributed by atoms with Crippen molar-refractivity contribution in [2.45, 2.75) is 32.7 Å². The van der Waals surface area contributed by atoms with Crippen molar-refractivity contribution in [1.82, 2.24) is 5.32 Å². The van der Waals surface area contributed by atoms with Crippen molar-refractivity contribution in [3.8, 4) is 0 Å². The summed E-state index contributed by atoms with van der Waals surface area (Å²) in [4.78, 5) is 12.3. The van der Waals surface area contributed by atoms with Gasteiger partial charge in [0.2, 0.25) is 0 Å². The van der Waals surface area contributed by atoms with Gasteiger partial charge in [0.05, 0.1) is 12.6 Å². The Hall–Kier alpha value is -1.61. The molecule has 1 fully saturated rings. The zero-order chi connectivity index (χ0) is 13.6. The van der Waals surface area contributed by atoms with Gasteiger partial charge in [0.15, 0.2) is 0 Å². The SMILES string of the molecule is CC[C@H](C)[C@@H](CO)NC(=O)C1=C2C=C3CC3=C2C=C1. The van der Waals surface area contributed by atoms with Gasteiger partial charge in [-0.1, -0.05) is 26.3 Å². The van der Waals surface area contributed by atoms with E-state index in [9.17, 15) is 9.90 Å². The van der Waals surface area contributed by atoms with Crippen LogP contribution >= 0.6 is 0 Å². The van der Waals surface area contributed by atoms with Crippen molar-refractivity contribution in [3.63, 3.8) is 0 Å². The molecule has 3 rings (SSSR count). The lowest BCUT2D eigenvalue weighted by Gasteiger charge is -2.22. The molecule has 2 N–H and O–H groups in total. The smallest absolute Gasteiger partial charge is 0.252 e. The van der Waals surface area contributed by atoms with Gasteiger partial charge in [-0.05, 0) is 46.8 Å². The fourth-order valence-corrected chi connectivity index (χ4v) is 2.73. The maximum absolute atomic E-state index is 12.3. The number of amides is 1. The first-order valence-corrected chi connectivity index (χ1v) is 6.94. The van der Waals surface area contributed by atoms with Crippen LogP contribution in [0.5, 0.6) is 0 Å². The van der Waals surface area contributed by atoms with E-state index in [4.69, 9.17) is 0 Å². The minimum Gasteiger partial charge on any atom is -0.394 e. The van der Waals surface area contributed by atoms with Gasteiger partial charge in [-0.3, -0.25) is 4.79 Å². The highest BCUT2D eigenvalue weighted by molar-refractivity contribution is 6.02.